The Balaban J connectivity index is 2.40. The second-order valence-corrected chi connectivity index (χ2v) is 6.09. The molecule has 1 aromatic heterocycles. The van der Waals surface area contributed by atoms with E-state index in [0.717, 1.165) is 5.82 Å². The Hall–Kier alpha value is -1.60. The molecule has 1 N–H and O–H groups in total. The maximum atomic E-state index is 12.1. The number of methoxy groups -OCH3 is 1. The zero-order valence-electron chi connectivity index (χ0n) is 14.3. The second-order valence-electron chi connectivity index (χ2n) is 6.09. The fourth-order valence-corrected chi connectivity index (χ4v) is 1.80. The summed E-state index contributed by atoms with van der Waals surface area (Å²) in [5, 5.41) is 3.28. The van der Waals surface area contributed by atoms with Gasteiger partial charge in [0.25, 0.3) is 0 Å². The molecule has 1 amide bonds. The fourth-order valence-electron chi connectivity index (χ4n) is 1.80. The number of rotatable bonds is 8. The van der Waals surface area contributed by atoms with Gasteiger partial charge in [-0.1, -0.05) is 0 Å². The first kappa shape index (κ1) is 18.4. The van der Waals surface area contributed by atoms with E-state index in [1.54, 1.807) is 18.2 Å². The van der Waals surface area contributed by atoms with E-state index in [1.807, 2.05) is 38.6 Å². The number of aromatic nitrogens is 2. The van der Waals surface area contributed by atoms with Crippen LogP contribution in [0.4, 0.5) is 4.79 Å². The van der Waals surface area contributed by atoms with Crippen molar-refractivity contribution in [3.63, 3.8) is 0 Å². The number of hydrogen-bond acceptors (Lipinski definition) is 5. The van der Waals surface area contributed by atoms with Crippen LogP contribution in [0.3, 0.4) is 0 Å². The highest BCUT2D eigenvalue weighted by Crippen LogP contribution is 2.09. The molecule has 126 valence electrons. The van der Waals surface area contributed by atoms with E-state index in [4.69, 9.17) is 9.47 Å². The lowest BCUT2D eigenvalue weighted by Gasteiger charge is -2.27. The van der Waals surface area contributed by atoms with Crippen molar-refractivity contribution in [3.8, 4) is 0 Å². The number of aryl methyl sites for hydroxylation is 1. The van der Waals surface area contributed by atoms with Crippen molar-refractivity contribution < 1.29 is 14.3 Å². The predicted octanol–water partition coefficient (Wildman–Crippen LogP) is 1.39. The molecule has 0 bridgehead atoms. The lowest BCUT2D eigenvalue weighted by atomic mass is 10.2. The molecule has 0 aromatic carbocycles. The number of amides is 1. The van der Waals surface area contributed by atoms with Gasteiger partial charge in [-0.3, -0.25) is 0 Å². The van der Waals surface area contributed by atoms with E-state index in [-0.39, 0.29) is 6.09 Å². The van der Waals surface area contributed by atoms with Crippen LogP contribution in [0.15, 0.2) is 12.4 Å². The molecule has 0 saturated heterocycles. The van der Waals surface area contributed by atoms with Crippen molar-refractivity contribution in [2.24, 2.45) is 7.05 Å². The Morgan fingerprint density at radius 3 is 2.68 bits per heavy atom. The number of carbonyl (C=O) groups excluding carboxylic acids is 1. The third kappa shape index (κ3) is 6.91. The van der Waals surface area contributed by atoms with Crippen LogP contribution in [0.25, 0.3) is 0 Å². The van der Waals surface area contributed by atoms with Gasteiger partial charge < -0.3 is 24.3 Å². The third-order valence-corrected chi connectivity index (χ3v) is 2.98. The molecule has 0 spiro atoms. The van der Waals surface area contributed by atoms with Crippen molar-refractivity contribution in [2.45, 2.75) is 32.9 Å². The maximum absolute atomic E-state index is 12.1. The van der Waals surface area contributed by atoms with Crippen molar-refractivity contribution in [1.82, 2.24) is 19.8 Å². The molecule has 1 aromatic rings. The SMILES string of the molecule is COCCN(CCNCc1nccn1C)C(=O)OC(C)(C)C. The Labute approximate surface area is 132 Å². The third-order valence-electron chi connectivity index (χ3n) is 2.98. The van der Waals surface area contributed by atoms with Gasteiger partial charge in [0.05, 0.1) is 13.2 Å². The monoisotopic (exact) mass is 312 g/mol. The molecule has 0 atom stereocenters. The van der Waals surface area contributed by atoms with Crippen LogP contribution < -0.4 is 5.32 Å². The summed E-state index contributed by atoms with van der Waals surface area (Å²) in [6, 6.07) is 0. The first-order valence-electron chi connectivity index (χ1n) is 7.47. The predicted molar refractivity (Wildman–Crippen MR) is 84.6 cm³/mol. The van der Waals surface area contributed by atoms with Crippen molar-refractivity contribution in [3.05, 3.63) is 18.2 Å². The molecular weight excluding hydrogens is 284 g/mol. The summed E-state index contributed by atoms with van der Waals surface area (Å²) in [5.41, 5.74) is -0.497. The summed E-state index contributed by atoms with van der Waals surface area (Å²) in [6.07, 6.45) is 3.36. The summed E-state index contributed by atoms with van der Waals surface area (Å²) < 4.78 is 12.4. The van der Waals surface area contributed by atoms with Crippen LogP contribution in [-0.2, 0) is 23.1 Å². The van der Waals surface area contributed by atoms with Gasteiger partial charge in [0.2, 0.25) is 0 Å². The molecule has 22 heavy (non-hydrogen) atoms. The van der Waals surface area contributed by atoms with Gasteiger partial charge in [-0.25, -0.2) is 9.78 Å². The molecule has 0 unspecified atom stereocenters. The lowest BCUT2D eigenvalue weighted by molar-refractivity contribution is 0.0204. The zero-order valence-corrected chi connectivity index (χ0v) is 14.3. The molecule has 0 fully saturated rings. The first-order chi connectivity index (χ1) is 10.3. The number of carbonyl (C=O) groups is 1. The summed E-state index contributed by atoms with van der Waals surface area (Å²) in [5.74, 6) is 0.959. The molecular formula is C15H28N4O3. The van der Waals surface area contributed by atoms with Gasteiger partial charge in [0, 0.05) is 46.2 Å². The van der Waals surface area contributed by atoms with Crippen molar-refractivity contribution in [1.29, 1.82) is 0 Å². The quantitative estimate of drug-likeness (QED) is 0.735. The molecule has 0 radical (unpaired) electrons. The van der Waals surface area contributed by atoms with Crippen LogP contribution in [0, 0.1) is 0 Å². The first-order valence-corrected chi connectivity index (χ1v) is 7.47. The molecule has 7 nitrogen and oxygen atoms in total. The number of nitrogens with zero attached hydrogens (tertiary/aromatic N) is 3. The summed E-state index contributed by atoms with van der Waals surface area (Å²) in [6.45, 7) is 8.46. The highest BCUT2D eigenvalue weighted by molar-refractivity contribution is 5.68. The summed E-state index contributed by atoms with van der Waals surface area (Å²) in [7, 11) is 3.57. The highest BCUT2D eigenvalue weighted by Gasteiger charge is 2.21. The van der Waals surface area contributed by atoms with E-state index < -0.39 is 5.60 Å². The van der Waals surface area contributed by atoms with Gasteiger partial charge in [-0.2, -0.15) is 0 Å². The topological polar surface area (TPSA) is 68.6 Å². The second kappa shape index (κ2) is 8.75. The van der Waals surface area contributed by atoms with Gasteiger partial charge in [-0.15, -0.1) is 0 Å². The normalized spacial score (nSPS) is 11.5. The minimum Gasteiger partial charge on any atom is -0.444 e. The van der Waals surface area contributed by atoms with Gasteiger partial charge in [0.1, 0.15) is 11.4 Å². The van der Waals surface area contributed by atoms with E-state index in [9.17, 15) is 4.79 Å². The van der Waals surface area contributed by atoms with Gasteiger partial charge in [-0.05, 0) is 20.8 Å². The zero-order chi connectivity index (χ0) is 16.6. The summed E-state index contributed by atoms with van der Waals surface area (Å²) in [4.78, 5) is 18.0. The van der Waals surface area contributed by atoms with E-state index >= 15 is 0 Å². The number of hydrogen-bond donors (Lipinski definition) is 1. The minimum absolute atomic E-state index is 0.316. The van der Waals surface area contributed by atoms with Crippen LogP contribution in [0.2, 0.25) is 0 Å². The molecule has 7 heteroatoms. The van der Waals surface area contributed by atoms with Crippen molar-refractivity contribution in [2.75, 3.05) is 33.4 Å². The largest absolute Gasteiger partial charge is 0.444 e. The number of ether oxygens (including phenoxy) is 2. The van der Waals surface area contributed by atoms with Crippen LogP contribution in [-0.4, -0.2) is 59.5 Å². The molecule has 0 aliphatic carbocycles. The lowest BCUT2D eigenvalue weighted by Crippen LogP contribution is -2.42. The average molecular weight is 312 g/mol. The van der Waals surface area contributed by atoms with Crippen LogP contribution in [0.1, 0.15) is 26.6 Å². The van der Waals surface area contributed by atoms with Gasteiger partial charge in [0.15, 0.2) is 0 Å². The van der Waals surface area contributed by atoms with Crippen LogP contribution in [0.5, 0.6) is 0 Å². The molecule has 0 saturated carbocycles. The van der Waals surface area contributed by atoms with Gasteiger partial charge >= 0.3 is 6.09 Å². The Bertz CT molecular complexity index is 454. The number of nitrogens with one attached hydrogen (secondary N) is 1. The molecule has 1 rings (SSSR count). The Morgan fingerprint density at radius 2 is 2.14 bits per heavy atom. The maximum Gasteiger partial charge on any atom is 0.410 e. The van der Waals surface area contributed by atoms with Crippen LogP contribution >= 0.6 is 0 Å². The summed E-state index contributed by atoms with van der Waals surface area (Å²) >= 11 is 0. The van der Waals surface area contributed by atoms with E-state index in [1.165, 1.54) is 0 Å². The Morgan fingerprint density at radius 1 is 1.41 bits per heavy atom. The smallest absolute Gasteiger partial charge is 0.410 e. The minimum atomic E-state index is -0.497. The standard InChI is InChI=1S/C15H28N4O3/c1-15(2,3)22-14(20)19(10-11-21-5)9-6-16-12-13-17-7-8-18(13)4/h7-8,16H,6,9-12H2,1-5H3. The number of imidazole rings is 1. The molecule has 0 aliphatic heterocycles. The molecule has 1 heterocycles. The van der Waals surface area contributed by atoms with E-state index in [2.05, 4.69) is 10.3 Å². The van der Waals surface area contributed by atoms with E-state index in [0.29, 0.717) is 32.8 Å². The fraction of sp³-hybridized carbons (Fsp3) is 0.733. The highest BCUT2D eigenvalue weighted by atomic mass is 16.6. The average Bonchev–Trinajstić information content (AvgIpc) is 2.81. The molecule has 0 aliphatic rings. The van der Waals surface area contributed by atoms with Crippen molar-refractivity contribution >= 4 is 6.09 Å². The Kier molecular flexibility index (Phi) is 7.34.